The molecule has 0 spiro atoms. The SMILES string of the molecule is CC1(c2cc(F)cc(F)c2)OC(NC(=O)c2ccccc2)=C(O)C1=O. The van der Waals surface area contributed by atoms with Gasteiger partial charge in [-0.05, 0) is 31.2 Å². The average molecular weight is 345 g/mol. The van der Waals surface area contributed by atoms with Gasteiger partial charge in [0, 0.05) is 17.2 Å². The molecule has 0 aliphatic carbocycles. The van der Waals surface area contributed by atoms with Crippen LogP contribution in [0.1, 0.15) is 22.8 Å². The summed E-state index contributed by atoms with van der Waals surface area (Å²) < 4.78 is 32.3. The molecule has 0 radical (unpaired) electrons. The van der Waals surface area contributed by atoms with Crippen LogP contribution in [0.3, 0.4) is 0 Å². The van der Waals surface area contributed by atoms with Gasteiger partial charge in [-0.2, -0.15) is 0 Å². The van der Waals surface area contributed by atoms with Crippen molar-refractivity contribution in [3.63, 3.8) is 0 Å². The zero-order valence-electron chi connectivity index (χ0n) is 13.0. The highest BCUT2D eigenvalue weighted by atomic mass is 19.1. The zero-order valence-corrected chi connectivity index (χ0v) is 13.0. The Hall–Kier alpha value is -3.22. The van der Waals surface area contributed by atoms with Gasteiger partial charge in [-0.25, -0.2) is 8.78 Å². The molecule has 2 aromatic carbocycles. The van der Waals surface area contributed by atoms with Gasteiger partial charge in [0.05, 0.1) is 0 Å². The van der Waals surface area contributed by atoms with Gasteiger partial charge in [-0.15, -0.1) is 0 Å². The molecule has 1 unspecified atom stereocenters. The first-order chi connectivity index (χ1) is 11.8. The molecule has 1 aliphatic heterocycles. The summed E-state index contributed by atoms with van der Waals surface area (Å²) >= 11 is 0. The summed E-state index contributed by atoms with van der Waals surface area (Å²) in [6.45, 7) is 1.25. The van der Waals surface area contributed by atoms with Crippen LogP contribution >= 0.6 is 0 Å². The van der Waals surface area contributed by atoms with E-state index in [-0.39, 0.29) is 11.1 Å². The van der Waals surface area contributed by atoms with Crippen molar-refractivity contribution in [3.8, 4) is 0 Å². The average Bonchev–Trinajstić information content (AvgIpc) is 2.80. The number of Topliss-reactive ketones (excluding diaryl/α,β-unsaturated/α-hetero) is 1. The zero-order chi connectivity index (χ0) is 18.2. The molecule has 25 heavy (non-hydrogen) atoms. The van der Waals surface area contributed by atoms with E-state index in [2.05, 4.69) is 5.32 Å². The van der Waals surface area contributed by atoms with E-state index >= 15 is 0 Å². The summed E-state index contributed by atoms with van der Waals surface area (Å²) in [5.74, 6) is -4.60. The first kappa shape index (κ1) is 16.6. The van der Waals surface area contributed by atoms with E-state index in [1.807, 2.05) is 0 Å². The molecule has 2 aromatic rings. The Morgan fingerprint density at radius 2 is 1.72 bits per heavy atom. The van der Waals surface area contributed by atoms with Gasteiger partial charge >= 0.3 is 0 Å². The first-order valence-electron chi connectivity index (χ1n) is 7.31. The lowest BCUT2D eigenvalue weighted by atomic mass is 9.91. The standard InChI is InChI=1S/C18H13F2NO4/c1-18(11-7-12(19)9-13(20)8-11)15(23)14(22)17(25-18)21-16(24)10-5-3-2-4-6-10/h2-9,22H,1H3,(H,21,24). The van der Waals surface area contributed by atoms with Crippen molar-refractivity contribution in [2.75, 3.05) is 0 Å². The predicted molar refractivity (Wildman–Crippen MR) is 83.4 cm³/mol. The number of amides is 1. The summed E-state index contributed by atoms with van der Waals surface area (Å²) in [5, 5.41) is 12.3. The number of rotatable bonds is 3. The maximum Gasteiger partial charge on any atom is 0.258 e. The van der Waals surface area contributed by atoms with Crippen LogP contribution < -0.4 is 5.32 Å². The fraction of sp³-hybridized carbons (Fsp3) is 0.111. The molecule has 0 aromatic heterocycles. The molecule has 0 bridgehead atoms. The number of carbonyl (C=O) groups excluding carboxylic acids is 2. The molecule has 1 aliphatic rings. The van der Waals surface area contributed by atoms with E-state index in [0.717, 1.165) is 12.1 Å². The van der Waals surface area contributed by atoms with Crippen LogP contribution in [0.2, 0.25) is 0 Å². The molecular formula is C18H13F2NO4. The smallest absolute Gasteiger partial charge is 0.258 e. The number of carbonyl (C=O) groups is 2. The van der Waals surface area contributed by atoms with Crippen LogP contribution in [0.4, 0.5) is 8.78 Å². The van der Waals surface area contributed by atoms with E-state index in [0.29, 0.717) is 6.07 Å². The Bertz CT molecular complexity index is 875. The van der Waals surface area contributed by atoms with Gasteiger partial charge in [0.1, 0.15) is 11.6 Å². The third-order valence-corrected chi connectivity index (χ3v) is 3.85. The Morgan fingerprint density at radius 3 is 2.32 bits per heavy atom. The lowest BCUT2D eigenvalue weighted by Gasteiger charge is -2.23. The fourth-order valence-corrected chi connectivity index (χ4v) is 2.50. The third kappa shape index (κ3) is 2.96. The number of halogens is 2. The minimum atomic E-state index is -1.85. The lowest BCUT2D eigenvalue weighted by Crippen LogP contribution is -2.32. The number of hydrogen-bond donors (Lipinski definition) is 2. The predicted octanol–water partition coefficient (Wildman–Crippen LogP) is 2.94. The third-order valence-electron chi connectivity index (χ3n) is 3.85. The molecule has 1 atom stereocenters. The number of nitrogens with one attached hydrogen (secondary N) is 1. The van der Waals surface area contributed by atoms with Gasteiger partial charge in [0.2, 0.25) is 11.6 Å². The molecule has 128 valence electrons. The summed E-state index contributed by atoms with van der Waals surface area (Å²) in [4.78, 5) is 24.5. The summed E-state index contributed by atoms with van der Waals surface area (Å²) in [5.41, 5.74) is -1.69. The second-order valence-corrected chi connectivity index (χ2v) is 5.62. The number of benzene rings is 2. The van der Waals surface area contributed by atoms with Crippen molar-refractivity contribution in [2.24, 2.45) is 0 Å². The van der Waals surface area contributed by atoms with Crippen molar-refractivity contribution in [1.29, 1.82) is 0 Å². The van der Waals surface area contributed by atoms with E-state index < -0.39 is 40.6 Å². The highest BCUT2D eigenvalue weighted by Crippen LogP contribution is 2.37. The normalized spacial score (nSPS) is 19.7. The highest BCUT2D eigenvalue weighted by Gasteiger charge is 2.48. The monoisotopic (exact) mass is 345 g/mol. The van der Waals surface area contributed by atoms with Gasteiger partial charge in [0.15, 0.2) is 5.60 Å². The number of ketones is 1. The van der Waals surface area contributed by atoms with Crippen LogP contribution in [0, 0.1) is 11.6 Å². The van der Waals surface area contributed by atoms with Crippen molar-refractivity contribution in [3.05, 3.63) is 82.9 Å². The van der Waals surface area contributed by atoms with Gasteiger partial charge < -0.3 is 9.84 Å². The second-order valence-electron chi connectivity index (χ2n) is 5.62. The van der Waals surface area contributed by atoms with E-state index in [1.165, 1.54) is 19.1 Å². The largest absolute Gasteiger partial charge is 0.501 e. The number of aliphatic hydroxyl groups is 1. The van der Waals surface area contributed by atoms with Gasteiger partial charge in [0.25, 0.3) is 11.7 Å². The summed E-state index contributed by atoms with van der Waals surface area (Å²) in [6.07, 6.45) is 0. The first-order valence-corrected chi connectivity index (χ1v) is 7.31. The molecule has 1 amide bonds. The lowest BCUT2D eigenvalue weighted by molar-refractivity contribution is -0.131. The van der Waals surface area contributed by atoms with Crippen LogP contribution in [0.15, 0.2) is 60.2 Å². The maximum absolute atomic E-state index is 13.5. The minimum Gasteiger partial charge on any atom is -0.501 e. The Labute approximate surface area is 141 Å². The van der Waals surface area contributed by atoms with Crippen molar-refractivity contribution in [2.45, 2.75) is 12.5 Å². The van der Waals surface area contributed by atoms with Crippen LogP contribution in [-0.4, -0.2) is 16.8 Å². The molecule has 0 saturated carbocycles. The number of hydrogen-bond acceptors (Lipinski definition) is 4. The minimum absolute atomic E-state index is 0.120. The molecule has 3 rings (SSSR count). The van der Waals surface area contributed by atoms with Gasteiger partial charge in [-0.1, -0.05) is 18.2 Å². The highest BCUT2D eigenvalue weighted by molar-refractivity contribution is 6.04. The van der Waals surface area contributed by atoms with Crippen LogP contribution in [-0.2, 0) is 15.1 Å². The molecule has 1 heterocycles. The molecular weight excluding hydrogens is 332 g/mol. The number of aliphatic hydroxyl groups excluding tert-OH is 1. The molecule has 7 heteroatoms. The second kappa shape index (κ2) is 6.01. The Kier molecular flexibility index (Phi) is 4.00. The van der Waals surface area contributed by atoms with Gasteiger partial charge in [-0.3, -0.25) is 14.9 Å². The van der Waals surface area contributed by atoms with Crippen molar-refractivity contribution in [1.82, 2.24) is 5.32 Å². The summed E-state index contributed by atoms with van der Waals surface area (Å²) in [6, 6.07) is 10.6. The Balaban J connectivity index is 1.89. The van der Waals surface area contributed by atoms with E-state index in [9.17, 15) is 23.5 Å². The topological polar surface area (TPSA) is 75.6 Å². The quantitative estimate of drug-likeness (QED) is 0.897. The van der Waals surface area contributed by atoms with E-state index in [4.69, 9.17) is 4.74 Å². The van der Waals surface area contributed by atoms with E-state index in [1.54, 1.807) is 18.2 Å². The fourth-order valence-electron chi connectivity index (χ4n) is 2.50. The summed E-state index contributed by atoms with van der Waals surface area (Å²) in [7, 11) is 0. The molecule has 0 fully saturated rings. The van der Waals surface area contributed by atoms with Crippen molar-refractivity contribution < 1.29 is 28.2 Å². The maximum atomic E-state index is 13.5. The molecule has 0 saturated heterocycles. The molecule has 2 N–H and O–H groups in total. The Morgan fingerprint density at radius 1 is 1.12 bits per heavy atom. The van der Waals surface area contributed by atoms with Crippen LogP contribution in [0.25, 0.3) is 0 Å². The molecule has 5 nitrogen and oxygen atoms in total. The van der Waals surface area contributed by atoms with Crippen LogP contribution in [0.5, 0.6) is 0 Å². The van der Waals surface area contributed by atoms with Crippen molar-refractivity contribution >= 4 is 11.7 Å². The number of ether oxygens (including phenoxy) is 1.